The van der Waals surface area contributed by atoms with Gasteiger partial charge < -0.3 is 54.4 Å². The molecule has 1 atom stereocenters. The number of carbonyl (C=O) groups excluding carboxylic acids is 4. The number of carbonyl (C=O) groups is 4. The first-order chi connectivity index (χ1) is 24.0. The standard InChI is InChI=1S/C35H68N4O11/c1-28(2)9-13-44-16-19-47-21-18-46-15-12-38-35(43)34(30(5)6)39-33(42)27-50-25-24-49-23-22-48-20-17-45-14-11-37-31(40)8-7-10-36-32(41)26-29(3)4/h28-30,34H,7-27H2,1-6H3,(H,36,41)(H,37,40)(H,38,43)(H,39,42). The van der Waals surface area contributed by atoms with Gasteiger partial charge in [0.1, 0.15) is 12.6 Å². The van der Waals surface area contributed by atoms with E-state index in [9.17, 15) is 19.2 Å². The quantitative estimate of drug-likeness (QED) is 0.0697. The summed E-state index contributed by atoms with van der Waals surface area (Å²) < 4.78 is 38.1. The van der Waals surface area contributed by atoms with Crippen molar-refractivity contribution in [1.82, 2.24) is 21.3 Å². The van der Waals surface area contributed by atoms with Crippen LogP contribution in [0.1, 0.15) is 67.2 Å². The van der Waals surface area contributed by atoms with Gasteiger partial charge in [0.15, 0.2) is 0 Å². The van der Waals surface area contributed by atoms with Crippen molar-refractivity contribution in [2.24, 2.45) is 17.8 Å². The topological polar surface area (TPSA) is 181 Å². The normalized spacial score (nSPS) is 12.0. The number of ether oxygens (including phenoxy) is 7. The first kappa shape index (κ1) is 47.6. The van der Waals surface area contributed by atoms with Crippen molar-refractivity contribution in [3.8, 4) is 0 Å². The minimum absolute atomic E-state index is 0.0136. The minimum atomic E-state index is -0.688. The molecule has 0 bridgehead atoms. The molecule has 0 aliphatic rings. The van der Waals surface area contributed by atoms with E-state index in [1.54, 1.807) is 0 Å². The van der Waals surface area contributed by atoms with Crippen molar-refractivity contribution in [2.45, 2.75) is 73.3 Å². The Morgan fingerprint density at radius 3 is 1.44 bits per heavy atom. The zero-order valence-electron chi connectivity index (χ0n) is 31.6. The molecule has 0 saturated heterocycles. The zero-order chi connectivity index (χ0) is 37.2. The molecule has 0 aromatic carbocycles. The van der Waals surface area contributed by atoms with E-state index in [2.05, 4.69) is 35.1 Å². The summed E-state index contributed by atoms with van der Waals surface area (Å²) in [6.45, 7) is 18.5. The number of rotatable bonds is 35. The summed E-state index contributed by atoms with van der Waals surface area (Å²) in [6, 6.07) is -0.688. The van der Waals surface area contributed by atoms with E-state index in [4.69, 9.17) is 33.2 Å². The molecular weight excluding hydrogens is 652 g/mol. The molecule has 15 nitrogen and oxygen atoms in total. The molecule has 0 aromatic heterocycles. The fourth-order valence-electron chi connectivity index (χ4n) is 4.06. The molecule has 0 aliphatic heterocycles. The van der Waals surface area contributed by atoms with E-state index < -0.39 is 6.04 Å². The fraction of sp³-hybridized carbons (Fsp3) is 0.886. The molecule has 4 amide bonds. The van der Waals surface area contributed by atoms with Gasteiger partial charge in [-0.1, -0.05) is 41.5 Å². The molecule has 1 unspecified atom stereocenters. The Bertz CT molecular complexity index is 863. The molecule has 0 radical (unpaired) electrons. The first-order valence-corrected chi connectivity index (χ1v) is 18.2. The van der Waals surface area contributed by atoms with Crippen LogP contribution in [-0.2, 0) is 52.3 Å². The molecule has 0 rings (SSSR count). The van der Waals surface area contributed by atoms with E-state index >= 15 is 0 Å². The average Bonchev–Trinajstić information content (AvgIpc) is 3.05. The van der Waals surface area contributed by atoms with Crippen LogP contribution in [0.15, 0.2) is 0 Å². The summed E-state index contributed by atoms with van der Waals surface area (Å²) in [5.74, 6) is 0.110. The predicted octanol–water partition coefficient (Wildman–Crippen LogP) is 1.46. The van der Waals surface area contributed by atoms with E-state index in [1.165, 1.54) is 0 Å². The van der Waals surface area contributed by atoms with Crippen molar-refractivity contribution >= 4 is 23.6 Å². The number of amides is 4. The molecule has 0 fully saturated rings. The second-order valence-electron chi connectivity index (χ2n) is 12.9. The number of hydrogen-bond acceptors (Lipinski definition) is 11. The van der Waals surface area contributed by atoms with E-state index in [0.717, 1.165) is 13.0 Å². The summed E-state index contributed by atoms with van der Waals surface area (Å²) in [4.78, 5) is 48.3. The number of hydrogen-bond donors (Lipinski definition) is 4. The van der Waals surface area contributed by atoms with E-state index in [1.807, 2.05) is 27.7 Å². The first-order valence-electron chi connectivity index (χ1n) is 18.2. The summed E-state index contributed by atoms with van der Waals surface area (Å²) in [5.41, 5.74) is 0. The van der Waals surface area contributed by atoms with Crippen LogP contribution in [-0.4, -0.2) is 142 Å². The summed E-state index contributed by atoms with van der Waals surface area (Å²) >= 11 is 0. The lowest BCUT2D eigenvalue weighted by atomic mass is 10.0. The molecule has 0 saturated carbocycles. The maximum atomic E-state index is 12.6. The smallest absolute Gasteiger partial charge is 0.246 e. The van der Waals surface area contributed by atoms with Crippen molar-refractivity contribution in [2.75, 3.05) is 112 Å². The Morgan fingerprint density at radius 2 is 0.940 bits per heavy atom. The Balaban J connectivity index is 3.64. The minimum Gasteiger partial charge on any atom is -0.379 e. The molecule has 294 valence electrons. The van der Waals surface area contributed by atoms with Crippen LogP contribution in [0.2, 0.25) is 0 Å². The van der Waals surface area contributed by atoms with Crippen molar-refractivity contribution in [3.05, 3.63) is 0 Å². The van der Waals surface area contributed by atoms with Gasteiger partial charge in [0, 0.05) is 39.1 Å². The van der Waals surface area contributed by atoms with E-state index in [0.29, 0.717) is 123 Å². The Kier molecular flexibility index (Phi) is 32.1. The highest BCUT2D eigenvalue weighted by molar-refractivity contribution is 5.88. The molecule has 50 heavy (non-hydrogen) atoms. The third-order valence-electron chi connectivity index (χ3n) is 6.81. The van der Waals surface area contributed by atoms with Crippen molar-refractivity contribution in [3.63, 3.8) is 0 Å². The monoisotopic (exact) mass is 720 g/mol. The predicted molar refractivity (Wildman–Crippen MR) is 190 cm³/mol. The van der Waals surface area contributed by atoms with Gasteiger partial charge in [-0.15, -0.1) is 0 Å². The lowest BCUT2D eigenvalue weighted by Gasteiger charge is -2.21. The van der Waals surface area contributed by atoms with Crippen LogP contribution < -0.4 is 21.3 Å². The second-order valence-corrected chi connectivity index (χ2v) is 12.9. The third-order valence-corrected chi connectivity index (χ3v) is 6.81. The molecule has 0 aliphatic carbocycles. The highest BCUT2D eigenvalue weighted by atomic mass is 16.6. The summed E-state index contributed by atoms with van der Waals surface area (Å²) in [7, 11) is 0. The van der Waals surface area contributed by atoms with Crippen LogP contribution in [0, 0.1) is 17.8 Å². The highest BCUT2D eigenvalue weighted by Gasteiger charge is 2.23. The average molecular weight is 721 g/mol. The van der Waals surface area contributed by atoms with Gasteiger partial charge in [0.2, 0.25) is 23.6 Å². The van der Waals surface area contributed by atoms with Gasteiger partial charge in [-0.3, -0.25) is 19.2 Å². The van der Waals surface area contributed by atoms with Gasteiger partial charge in [-0.2, -0.15) is 0 Å². The van der Waals surface area contributed by atoms with Crippen LogP contribution in [0.5, 0.6) is 0 Å². The molecule has 0 aromatic rings. The largest absolute Gasteiger partial charge is 0.379 e. The van der Waals surface area contributed by atoms with Crippen molar-refractivity contribution in [1.29, 1.82) is 0 Å². The van der Waals surface area contributed by atoms with Gasteiger partial charge in [-0.05, 0) is 30.6 Å². The van der Waals surface area contributed by atoms with Gasteiger partial charge in [-0.25, -0.2) is 0 Å². The molecule has 0 heterocycles. The Hall–Kier alpha value is -2.40. The fourth-order valence-corrected chi connectivity index (χ4v) is 4.06. The maximum Gasteiger partial charge on any atom is 0.246 e. The Labute approximate surface area is 300 Å². The number of nitrogens with one attached hydrogen (secondary N) is 4. The lowest BCUT2D eigenvalue weighted by molar-refractivity contribution is -0.133. The second kappa shape index (κ2) is 33.7. The summed E-state index contributed by atoms with van der Waals surface area (Å²) in [6.07, 6.45) is 2.48. The van der Waals surface area contributed by atoms with Gasteiger partial charge >= 0.3 is 0 Å². The van der Waals surface area contributed by atoms with Gasteiger partial charge in [0.05, 0.1) is 79.3 Å². The Morgan fingerprint density at radius 1 is 0.480 bits per heavy atom. The summed E-state index contributed by atoms with van der Waals surface area (Å²) in [5, 5.41) is 11.1. The molecule has 0 spiro atoms. The molecule has 4 N–H and O–H groups in total. The van der Waals surface area contributed by atoms with E-state index in [-0.39, 0.29) is 42.8 Å². The molecular formula is C35H68N4O11. The van der Waals surface area contributed by atoms with Gasteiger partial charge in [0.25, 0.3) is 0 Å². The maximum absolute atomic E-state index is 12.6. The molecule has 15 heteroatoms. The third kappa shape index (κ3) is 32.8. The lowest BCUT2D eigenvalue weighted by Crippen LogP contribution is -2.51. The van der Waals surface area contributed by atoms with Crippen molar-refractivity contribution < 1.29 is 52.3 Å². The van der Waals surface area contributed by atoms with Crippen LogP contribution in [0.25, 0.3) is 0 Å². The van der Waals surface area contributed by atoms with Crippen LogP contribution >= 0.6 is 0 Å². The highest BCUT2D eigenvalue weighted by Crippen LogP contribution is 2.02. The zero-order valence-corrected chi connectivity index (χ0v) is 31.6. The van der Waals surface area contributed by atoms with Crippen LogP contribution in [0.3, 0.4) is 0 Å². The SMILES string of the molecule is CC(C)CCOCCOCCOCCNC(=O)C(NC(=O)COCCOCCOCCOCCNC(=O)CCCNC(=O)CC(C)C)C(C)C. The van der Waals surface area contributed by atoms with Crippen LogP contribution in [0.4, 0.5) is 0 Å².